The zero-order valence-corrected chi connectivity index (χ0v) is 6.78. The third kappa shape index (κ3) is 1.14. The first kappa shape index (κ1) is 7.73. The normalized spacial score (nSPS) is 10.2. The maximum absolute atomic E-state index is 11.1. The van der Waals surface area contributed by atoms with Crippen LogP contribution in [-0.4, -0.2) is 17.1 Å². The van der Waals surface area contributed by atoms with E-state index >= 15 is 0 Å². The molecule has 3 heteroatoms. The van der Waals surface area contributed by atoms with Gasteiger partial charge in [-0.3, -0.25) is 9.59 Å². The van der Waals surface area contributed by atoms with E-state index in [0.29, 0.717) is 12.0 Å². The van der Waals surface area contributed by atoms with E-state index in [1.807, 2.05) is 24.3 Å². The highest BCUT2D eigenvalue weighted by Gasteiger charge is 2.09. The molecule has 0 aliphatic heterocycles. The predicted molar refractivity (Wildman–Crippen MR) is 48.7 cm³/mol. The molecule has 13 heavy (non-hydrogen) atoms. The Balaban J connectivity index is 2.71. The third-order valence-electron chi connectivity index (χ3n) is 1.96. The van der Waals surface area contributed by atoms with Crippen molar-refractivity contribution in [1.29, 1.82) is 0 Å². The van der Waals surface area contributed by atoms with Crippen LogP contribution < -0.4 is 0 Å². The van der Waals surface area contributed by atoms with Gasteiger partial charge in [0.1, 0.15) is 0 Å². The molecular weight excluding hydrogens is 166 g/mol. The van der Waals surface area contributed by atoms with E-state index in [1.165, 1.54) is 0 Å². The summed E-state index contributed by atoms with van der Waals surface area (Å²) in [5, 5.41) is 1.73. The number of Topliss-reactive ketones (excluding diaryl/α,β-unsaturated/α-hetero) is 1. The third-order valence-corrected chi connectivity index (χ3v) is 1.96. The number of nitrogens with one attached hydrogen (secondary N) is 1. The van der Waals surface area contributed by atoms with Crippen molar-refractivity contribution in [3.05, 3.63) is 36.2 Å². The van der Waals surface area contributed by atoms with E-state index in [4.69, 9.17) is 0 Å². The molecule has 2 aromatic rings. The zero-order chi connectivity index (χ0) is 9.26. The Bertz CT molecular complexity index is 470. The van der Waals surface area contributed by atoms with Crippen LogP contribution in [0.2, 0.25) is 0 Å². The monoisotopic (exact) mass is 173 g/mol. The molecule has 0 unspecified atom stereocenters. The molecule has 3 nitrogen and oxygen atoms in total. The van der Waals surface area contributed by atoms with Crippen LogP contribution >= 0.6 is 0 Å². The molecule has 0 saturated heterocycles. The summed E-state index contributed by atoms with van der Waals surface area (Å²) in [5.74, 6) is -0.513. The predicted octanol–water partition coefficient (Wildman–Crippen LogP) is 1.55. The van der Waals surface area contributed by atoms with Gasteiger partial charge in [-0.15, -0.1) is 0 Å². The van der Waals surface area contributed by atoms with E-state index in [9.17, 15) is 9.59 Å². The molecule has 0 fully saturated rings. The first-order chi connectivity index (χ1) is 6.33. The molecule has 0 radical (unpaired) electrons. The number of H-pyrrole nitrogens is 1. The average molecular weight is 173 g/mol. The van der Waals surface area contributed by atoms with Crippen molar-refractivity contribution < 1.29 is 9.59 Å². The van der Waals surface area contributed by atoms with Crippen LogP contribution in [0.3, 0.4) is 0 Å². The first-order valence-corrected chi connectivity index (χ1v) is 3.88. The van der Waals surface area contributed by atoms with Crippen LogP contribution in [0.5, 0.6) is 0 Å². The molecule has 1 heterocycles. The highest BCUT2D eigenvalue weighted by molar-refractivity contribution is 6.35. The van der Waals surface area contributed by atoms with Crippen molar-refractivity contribution in [1.82, 2.24) is 4.98 Å². The first-order valence-electron chi connectivity index (χ1n) is 3.88. The smallest absolute Gasteiger partial charge is 0.242 e. The number of aromatic amines is 1. The molecule has 0 bridgehead atoms. The molecule has 0 spiro atoms. The summed E-state index contributed by atoms with van der Waals surface area (Å²) in [4.78, 5) is 24.2. The molecule has 1 aromatic heterocycles. The van der Waals surface area contributed by atoms with Crippen molar-refractivity contribution in [2.75, 3.05) is 0 Å². The van der Waals surface area contributed by atoms with E-state index < -0.39 is 5.78 Å². The lowest BCUT2D eigenvalue weighted by molar-refractivity contribution is -0.104. The Hall–Kier alpha value is -1.90. The Kier molecular flexibility index (Phi) is 1.70. The van der Waals surface area contributed by atoms with Gasteiger partial charge >= 0.3 is 0 Å². The summed E-state index contributed by atoms with van der Waals surface area (Å²) < 4.78 is 0. The summed E-state index contributed by atoms with van der Waals surface area (Å²) >= 11 is 0. The number of carbonyl (C=O) groups is 2. The van der Waals surface area contributed by atoms with Crippen LogP contribution in [0.25, 0.3) is 10.8 Å². The van der Waals surface area contributed by atoms with Gasteiger partial charge in [0.2, 0.25) is 5.78 Å². The maximum Gasteiger partial charge on any atom is 0.242 e. The van der Waals surface area contributed by atoms with Gasteiger partial charge in [-0.05, 0) is 5.39 Å². The molecule has 1 aromatic carbocycles. The fourth-order valence-electron chi connectivity index (χ4n) is 1.34. The minimum absolute atomic E-state index is 0.318. The molecular formula is C10H7NO2. The molecule has 0 aliphatic carbocycles. The minimum Gasteiger partial charge on any atom is -0.357 e. The summed E-state index contributed by atoms with van der Waals surface area (Å²) in [6.45, 7) is 0. The quantitative estimate of drug-likeness (QED) is 0.425. The second-order valence-corrected chi connectivity index (χ2v) is 2.73. The lowest BCUT2D eigenvalue weighted by atomic mass is 10.1. The zero-order valence-electron chi connectivity index (χ0n) is 6.78. The molecule has 1 N–H and O–H groups in total. The van der Waals surface area contributed by atoms with Crippen molar-refractivity contribution in [2.45, 2.75) is 0 Å². The standard InChI is InChI=1S/C10H7NO2/c12-6-9(13)10-8-4-2-1-3-7(8)5-11-10/h1-6,11H. The highest BCUT2D eigenvalue weighted by atomic mass is 16.2. The van der Waals surface area contributed by atoms with E-state index in [-0.39, 0.29) is 0 Å². The molecule has 0 amide bonds. The molecule has 2 rings (SSSR count). The van der Waals surface area contributed by atoms with Gasteiger partial charge in [0.15, 0.2) is 6.29 Å². The number of rotatable bonds is 2. The lowest BCUT2D eigenvalue weighted by Gasteiger charge is -1.90. The van der Waals surface area contributed by atoms with Gasteiger partial charge in [0, 0.05) is 11.6 Å². The van der Waals surface area contributed by atoms with E-state index in [2.05, 4.69) is 4.98 Å². The van der Waals surface area contributed by atoms with Crippen molar-refractivity contribution in [3.8, 4) is 0 Å². The van der Waals surface area contributed by atoms with Gasteiger partial charge in [-0.25, -0.2) is 0 Å². The number of benzene rings is 1. The number of hydrogen-bond acceptors (Lipinski definition) is 2. The Morgan fingerprint density at radius 3 is 2.85 bits per heavy atom. The number of aromatic nitrogens is 1. The van der Waals surface area contributed by atoms with Gasteiger partial charge < -0.3 is 4.98 Å². The summed E-state index contributed by atoms with van der Waals surface area (Å²) in [6, 6.07) is 7.40. The number of aldehydes is 1. The Labute approximate surface area is 74.4 Å². The SMILES string of the molecule is O=CC(=O)c1[nH]cc2ccccc12. The molecule has 0 aliphatic rings. The summed E-state index contributed by atoms with van der Waals surface area (Å²) in [5.41, 5.74) is 0.366. The van der Waals surface area contributed by atoms with Gasteiger partial charge in [-0.2, -0.15) is 0 Å². The maximum atomic E-state index is 11.1. The largest absolute Gasteiger partial charge is 0.357 e. The van der Waals surface area contributed by atoms with Crippen LogP contribution in [0.1, 0.15) is 10.5 Å². The van der Waals surface area contributed by atoms with Crippen molar-refractivity contribution >= 4 is 22.8 Å². The van der Waals surface area contributed by atoms with Crippen LogP contribution in [-0.2, 0) is 4.79 Å². The topological polar surface area (TPSA) is 49.9 Å². The van der Waals surface area contributed by atoms with E-state index in [1.54, 1.807) is 6.20 Å². The Morgan fingerprint density at radius 2 is 2.08 bits per heavy atom. The van der Waals surface area contributed by atoms with Crippen LogP contribution in [0, 0.1) is 0 Å². The second-order valence-electron chi connectivity index (χ2n) is 2.73. The van der Waals surface area contributed by atoms with Gasteiger partial charge in [0.25, 0.3) is 0 Å². The number of hydrogen-bond donors (Lipinski definition) is 1. The average Bonchev–Trinajstić information content (AvgIpc) is 2.60. The fourth-order valence-corrected chi connectivity index (χ4v) is 1.34. The number of carbonyl (C=O) groups excluding carboxylic acids is 2. The van der Waals surface area contributed by atoms with Crippen molar-refractivity contribution in [2.24, 2.45) is 0 Å². The second kappa shape index (κ2) is 2.86. The fraction of sp³-hybridized carbons (Fsp3) is 0. The Morgan fingerprint density at radius 1 is 1.31 bits per heavy atom. The highest BCUT2D eigenvalue weighted by Crippen LogP contribution is 2.17. The van der Waals surface area contributed by atoms with Crippen molar-refractivity contribution in [3.63, 3.8) is 0 Å². The summed E-state index contributed by atoms with van der Waals surface area (Å²) in [7, 11) is 0. The molecule has 0 saturated carbocycles. The van der Waals surface area contributed by atoms with Crippen LogP contribution in [0.4, 0.5) is 0 Å². The van der Waals surface area contributed by atoms with Gasteiger partial charge in [-0.1, -0.05) is 24.3 Å². The lowest BCUT2D eigenvalue weighted by Crippen LogP contribution is -1.99. The van der Waals surface area contributed by atoms with Gasteiger partial charge in [0.05, 0.1) is 5.69 Å². The molecule has 64 valence electrons. The van der Waals surface area contributed by atoms with E-state index in [0.717, 1.165) is 10.8 Å². The molecule has 0 atom stereocenters. The van der Waals surface area contributed by atoms with Crippen LogP contribution in [0.15, 0.2) is 30.5 Å². The minimum atomic E-state index is -0.513. The number of fused-ring (bicyclic) bond motifs is 1. The summed E-state index contributed by atoms with van der Waals surface area (Å²) in [6.07, 6.45) is 2.03. The number of ketones is 1.